The Labute approximate surface area is 266 Å². The molecule has 0 aliphatic heterocycles. The largest absolute Gasteiger partial charge is 0.463 e. The zero-order valence-corrected chi connectivity index (χ0v) is 28.1. The van der Waals surface area contributed by atoms with E-state index in [-0.39, 0.29) is 25.0 Å². The number of ether oxygens (including phenoxy) is 10. The first-order chi connectivity index (χ1) is 21.3. The normalized spacial score (nSPS) is 11.6. The Morgan fingerprint density at radius 1 is 0.409 bits per heavy atom. The highest BCUT2D eigenvalue weighted by molar-refractivity contribution is 5.70. The first-order valence-corrected chi connectivity index (χ1v) is 16.3. The second-order valence-corrected chi connectivity index (χ2v) is 11.0. The molecule has 0 radical (unpaired) electrons. The maximum atomic E-state index is 11.6. The van der Waals surface area contributed by atoms with Gasteiger partial charge in [-0.15, -0.1) is 0 Å². The smallest absolute Gasteiger partial charge is 0.308 e. The fourth-order valence-electron chi connectivity index (χ4n) is 3.53. The first-order valence-electron chi connectivity index (χ1n) is 16.3. The van der Waals surface area contributed by atoms with Crippen LogP contribution in [0.15, 0.2) is 0 Å². The van der Waals surface area contributed by atoms with E-state index in [1.165, 1.54) is 25.7 Å². The Bertz CT molecular complexity index is 627. The van der Waals surface area contributed by atoms with Gasteiger partial charge in [0.1, 0.15) is 12.2 Å². The van der Waals surface area contributed by atoms with E-state index in [1.807, 2.05) is 20.8 Å². The summed E-state index contributed by atoms with van der Waals surface area (Å²) in [7, 11) is 0. The van der Waals surface area contributed by atoms with Crippen molar-refractivity contribution in [2.45, 2.75) is 84.7 Å². The lowest BCUT2D eigenvalue weighted by Gasteiger charge is -2.19. The van der Waals surface area contributed by atoms with Crippen LogP contribution in [0.3, 0.4) is 0 Å². The number of carbonyl (C=O) groups excluding carboxylic acids is 2. The summed E-state index contributed by atoms with van der Waals surface area (Å²) in [6.45, 7) is 15.3. The number of rotatable bonds is 34. The summed E-state index contributed by atoms with van der Waals surface area (Å²) in [6.07, 6.45) is 7.64. The van der Waals surface area contributed by atoms with Gasteiger partial charge in [0, 0.05) is 6.42 Å². The molecule has 262 valence electrons. The molecule has 0 spiro atoms. The van der Waals surface area contributed by atoms with Gasteiger partial charge in [0.05, 0.1) is 112 Å². The highest BCUT2D eigenvalue weighted by Gasteiger charge is 2.15. The fraction of sp³-hybridized carbons (Fsp3) is 0.938. The van der Waals surface area contributed by atoms with Gasteiger partial charge in [0.2, 0.25) is 0 Å². The zero-order chi connectivity index (χ0) is 32.4. The minimum atomic E-state index is -0.474. The molecular weight excluding hydrogens is 576 g/mol. The molecule has 0 aromatic carbocycles. The first kappa shape index (κ1) is 42.6. The van der Waals surface area contributed by atoms with Gasteiger partial charge in [0.25, 0.3) is 0 Å². The lowest BCUT2D eigenvalue weighted by Crippen LogP contribution is -2.24. The zero-order valence-electron chi connectivity index (χ0n) is 28.1. The maximum absolute atomic E-state index is 11.6. The van der Waals surface area contributed by atoms with Crippen LogP contribution in [0.1, 0.15) is 79.1 Å². The van der Waals surface area contributed by atoms with E-state index in [0.29, 0.717) is 112 Å². The number of unbranched alkanes of at least 4 members (excludes halogenated alkanes) is 5. The second kappa shape index (κ2) is 33.0. The summed E-state index contributed by atoms with van der Waals surface area (Å²) in [4.78, 5) is 23.2. The molecule has 0 aliphatic carbocycles. The van der Waals surface area contributed by atoms with Gasteiger partial charge in [-0.25, -0.2) is 0 Å². The van der Waals surface area contributed by atoms with Gasteiger partial charge < -0.3 is 47.4 Å². The molecule has 0 aliphatic rings. The van der Waals surface area contributed by atoms with E-state index >= 15 is 0 Å². The standard InChI is InChI=1S/C32H62O12/c1-5-6-7-8-9-10-11-30(33)43-29-28-42-27-26-41-25-24-40-23-22-39-21-20-38-19-18-37-17-16-36-15-14-35-13-12-31(34)44-32(2,3)4/h5-29H2,1-4H3. The maximum Gasteiger partial charge on any atom is 0.308 e. The molecule has 44 heavy (non-hydrogen) atoms. The minimum absolute atomic E-state index is 0.146. The lowest BCUT2D eigenvalue weighted by atomic mass is 10.1. The van der Waals surface area contributed by atoms with Crippen molar-refractivity contribution in [3.8, 4) is 0 Å². The Hall–Kier alpha value is -1.38. The van der Waals surface area contributed by atoms with Gasteiger partial charge in [-0.05, 0) is 27.2 Å². The van der Waals surface area contributed by atoms with Crippen molar-refractivity contribution >= 4 is 11.9 Å². The summed E-state index contributed by atoms with van der Waals surface area (Å²) in [6, 6.07) is 0. The summed E-state index contributed by atoms with van der Waals surface area (Å²) in [5.74, 6) is -0.412. The van der Waals surface area contributed by atoms with Crippen molar-refractivity contribution in [3.63, 3.8) is 0 Å². The van der Waals surface area contributed by atoms with Crippen LogP contribution in [0, 0.1) is 0 Å². The minimum Gasteiger partial charge on any atom is -0.463 e. The topological polar surface area (TPSA) is 126 Å². The van der Waals surface area contributed by atoms with Crippen molar-refractivity contribution in [1.29, 1.82) is 0 Å². The number of carbonyl (C=O) groups is 2. The number of esters is 2. The Morgan fingerprint density at radius 2 is 0.750 bits per heavy atom. The molecular formula is C32H62O12. The monoisotopic (exact) mass is 638 g/mol. The third-order valence-corrected chi connectivity index (χ3v) is 5.70. The summed E-state index contributed by atoms with van der Waals surface area (Å²) in [5.41, 5.74) is -0.474. The highest BCUT2D eigenvalue weighted by atomic mass is 16.6. The van der Waals surface area contributed by atoms with Crippen LogP contribution in [0.25, 0.3) is 0 Å². The molecule has 0 heterocycles. The van der Waals surface area contributed by atoms with E-state index in [1.54, 1.807) is 0 Å². The predicted octanol–water partition coefficient (Wildman–Crippen LogP) is 4.14. The van der Waals surface area contributed by atoms with Crippen molar-refractivity contribution in [3.05, 3.63) is 0 Å². The van der Waals surface area contributed by atoms with E-state index in [0.717, 1.165) is 12.8 Å². The lowest BCUT2D eigenvalue weighted by molar-refractivity contribution is -0.156. The Balaban J connectivity index is 3.15. The van der Waals surface area contributed by atoms with E-state index in [2.05, 4.69) is 6.92 Å². The van der Waals surface area contributed by atoms with Crippen LogP contribution in [0.5, 0.6) is 0 Å². The van der Waals surface area contributed by atoms with Crippen molar-refractivity contribution in [2.75, 3.05) is 112 Å². The van der Waals surface area contributed by atoms with Crippen LogP contribution >= 0.6 is 0 Å². The van der Waals surface area contributed by atoms with Crippen molar-refractivity contribution in [1.82, 2.24) is 0 Å². The summed E-state index contributed by atoms with van der Waals surface area (Å²) >= 11 is 0. The average molecular weight is 639 g/mol. The van der Waals surface area contributed by atoms with Crippen molar-refractivity contribution < 1.29 is 57.0 Å². The van der Waals surface area contributed by atoms with Crippen LogP contribution in [0.2, 0.25) is 0 Å². The SMILES string of the molecule is CCCCCCCCC(=O)OCCOCCOCCOCCOCCOCCOCCOCCOCCC(=O)OC(C)(C)C. The molecule has 0 saturated heterocycles. The quantitative estimate of drug-likeness (QED) is 0.0743. The molecule has 12 nitrogen and oxygen atoms in total. The molecule has 12 heteroatoms. The van der Waals surface area contributed by atoms with Crippen molar-refractivity contribution in [2.24, 2.45) is 0 Å². The van der Waals surface area contributed by atoms with Gasteiger partial charge >= 0.3 is 11.9 Å². The third-order valence-electron chi connectivity index (χ3n) is 5.70. The summed E-state index contributed by atoms with van der Waals surface area (Å²) < 4.78 is 53.8. The molecule has 0 saturated carbocycles. The van der Waals surface area contributed by atoms with Gasteiger partial charge in [0.15, 0.2) is 0 Å². The molecule has 0 unspecified atom stereocenters. The number of hydrogen-bond donors (Lipinski definition) is 0. The van der Waals surface area contributed by atoms with Gasteiger partial charge in [-0.2, -0.15) is 0 Å². The van der Waals surface area contributed by atoms with E-state index in [4.69, 9.17) is 47.4 Å². The predicted molar refractivity (Wildman–Crippen MR) is 166 cm³/mol. The second-order valence-electron chi connectivity index (χ2n) is 11.0. The van der Waals surface area contributed by atoms with E-state index < -0.39 is 5.60 Å². The molecule has 0 aromatic heterocycles. The molecule has 0 N–H and O–H groups in total. The Kier molecular flexibility index (Phi) is 32.0. The third kappa shape index (κ3) is 36.8. The molecule has 0 aromatic rings. The summed E-state index contributed by atoms with van der Waals surface area (Å²) in [5, 5.41) is 0. The molecule has 0 amide bonds. The van der Waals surface area contributed by atoms with Crippen LogP contribution < -0.4 is 0 Å². The van der Waals surface area contributed by atoms with Gasteiger partial charge in [-0.1, -0.05) is 39.0 Å². The molecule has 0 bridgehead atoms. The van der Waals surface area contributed by atoms with Crippen LogP contribution in [0.4, 0.5) is 0 Å². The fourth-order valence-corrected chi connectivity index (χ4v) is 3.53. The van der Waals surface area contributed by atoms with E-state index in [9.17, 15) is 9.59 Å². The van der Waals surface area contributed by atoms with Crippen LogP contribution in [-0.4, -0.2) is 130 Å². The van der Waals surface area contributed by atoms with Crippen LogP contribution in [-0.2, 0) is 57.0 Å². The molecule has 0 rings (SSSR count). The number of hydrogen-bond acceptors (Lipinski definition) is 12. The highest BCUT2D eigenvalue weighted by Crippen LogP contribution is 2.08. The Morgan fingerprint density at radius 3 is 1.14 bits per heavy atom. The molecule has 0 atom stereocenters. The van der Waals surface area contributed by atoms with Gasteiger partial charge in [-0.3, -0.25) is 9.59 Å². The molecule has 0 fully saturated rings. The average Bonchev–Trinajstić information content (AvgIpc) is 2.97.